The Balaban J connectivity index is 1.46. The Morgan fingerprint density at radius 3 is 2.24 bits per heavy atom. The standard InChI is InChI=1S/C26H19N5OS/c32-24(19-10-3-1-4-11-19)29-31-26-27-23(21-16-15-18-9-7-8-12-20(18)17-21)25(33-26)30-28-22-13-5-2-6-14-22/h1-17H,(H,27,31)(H,29,32). The van der Waals surface area contributed by atoms with Crippen molar-refractivity contribution < 1.29 is 4.79 Å². The van der Waals surface area contributed by atoms with Gasteiger partial charge in [-0.15, -0.1) is 10.2 Å². The third-order valence-electron chi connectivity index (χ3n) is 4.96. The number of benzene rings is 4. The van der Waals surface area contributed by atoms with Crippen LogP contribution in [0.1, 0.15) is 10.4 Å². The quantitative estimate of drug-likeness (QED) is 0.214. The number of thiazole rings is 1. The van der Waals surface area contributed by atoms with Crippen LogP contribution in [0.15, 0.2) is 113 Å². The molecule has 5 aromatic rings. The number of hydrogen-bond acceptors (Lipinski definition) is 6. The van der Waals surface area contributed by atoms with Crippen molar-refractivity contribution in [1.82, 2.24) is 10.4 Å². The summed E-state index contributed by atoms with van der Waals surface area (Å²) in [6, 6.07) is 32.9. The second-order valence-corrected chi connectivity index (χ2v) is 8.19. The lowest BCUT2D eigenvalue weighted by atomic mass is 10.1. The summed E-state index contributed by atoms with van der Waals surface area (Å²) in [7, 11) is 0. The molecule has 0 aliphatic heterocycles. The molecule has 7 heteroatoms. The zero-order valence-electron chi connectivity index (χ0n) is 17.5. The van der Waals surface area contributed by atoms with Crippen LogP contribution in [0.25, 0.3) is 22.0 Å². The molecule has 0 spiro atoms. The maximum Gasteiger partial charge on any atom is 0.269 e. The molecule has 0 radical (unpaired) electrons. The molecule has 0 unspecified atom stereocenters. The Morgan fingerprint density at radius 1 is 0.758 bits per heavy atom. The predicted molar refractivity (Wildman–Crippen MR) is 133 cm³/mol. The third-order valence-corrected chi connectivity index (χ3v) is 5.82. The minimum Gasteiger partial charge on any atom is -0.273 e. The Hall–Kier alpha value is -4.36. The lowest BCUT2D eigenvalue weighted by Gasteiger charge is -2.05. The highest BCUT2D eigenvalue weighted by Crippen LogP contribution is 2.39. The highest BCUT2D eigenvalue weighted by molar-refractivity contribution is 7.19. The van der Waals surface area contributed by atoms with Gasteiger partial charge in [0.1, 0.15) is 5.69 Å². The summed E-state index contributed by atoms with van der Waals surface area (Å²) in [6.07, 6.45) is 0. The van der Waals surface area contributed by atoms with E-state index in [-0.39, 0.29) is 5.91 Å². The van der Waals surface area contributed by atoms with Crippen LogP contribution in [0.5, 0.6) is 0 Å². The van der Waals surface area contributed by atoms with Gasteiger partial charge in [0.25, 0.3) is 5.91 Å². The van der Waals surface area contributed by atoms with Crippen LogP contribution in [-0.4, -0.2) is 10.9 Å². The van der Waals surface area contributed by atoms with Gasteiger partial charge in [-0.05, 0) is 41.1 Å². The monoisotopic (exact) mass is 449 g/mol. The van der Waals surface area contributed by atoms with E-state index in [0.717, 1.165) is 22.0 Å². The van der Waals surface area contributed by atoms with Crippen molar-refractivity contribution in [3.8, 4) is 11.3 Å². The van der Waals surface area contributed by atoms with Gasteiger partial charge in [-0.2, -0.15) is 0 Å². The van der Waals surface area contributed by atoms with Crippen molar-refractivity contribution in [2.24, 2.45) is 10.2 Å². The topological polar surface area (TPSA) is 78.7 Å². The molecule has 6 nitrogen and oxygen atoms in total. The predicted octanol–water partition coefficient (Wildman–Crippen LogP) is 7.14. The Bertz CT molecular complexity index is 1430. The number of carbonyl (C=O) groups excluding carboxylic acids is 1. The molecule has 1 amide bonds. The van der Waals surface area contributed by atoms with Crippen LogP contribution in [0.3, 0.4) is 0 Å². The number of fused-ring (bicyclic) bond motifs is 1. The number of aromatic nitrogens is 1. The van der Waals surface area contributed by atoms with Crippen LogP contribution in [0, 0.1) is 0 Å². The minimum atomic E-state index is -0.245. The SMILES string of the molecule is O=C(NNc1nc(-c2ccc3ccccc3c2)c(N=Nc2ccccc2)s1)c1ccccc1. The zero-order valence-corrected chi connectivity index (χ0v) is 18.3. The number of rotatable bonds is 6. The summed E-state index contributed by atoms with van der Waals surface area (Å²) in [5, 5.41) is 12.3. The van der Waals surface area contributed by atoms with E-state index in [9.17, 15) is 4.79 Å². The lowest BCUT2D eigenvalue weighted by molar-refractivity contribution is 0.0962. The van der Waals surface area contributed by atoms with Gasteiger partial charge in [0, 0.05) is 11.1 Å². The maximum absolute atomic E-state index is 12.4. The fourth-order valence-corrected chi connectivity index (χ4v) is 4.09. The minimum absolute atomic E-state index is 0.245. The van der Waals surface area contributed by atoms with Crippen LogP contribution in [-0.2, 0) is 0 Å². The van der Waals surface area contributed by atoms with E-state index in [1.165, 1.54) is 11.3 Å². The number of hydrazine groups is 1. The fraction of sp³-hybridized carbons (Fsp3) is 0. The zero-order chi connectivity index (χ0) is 22.5. The first kappa shape index (κ1) is 20.5. The van der Waals surface area contributed by atoms with Crippen molar-refractivity contribution in [2.75, 3.05) is 5.43 Å². The van der Waals surface area contributed by atoms with Crippen molar-refractivity contribution in [3.63, 3.8) is 0 Å². The number of nitrogens with zero attached hydrogens (tertiary/aromatic N) is 3. The summed E-state index contributed by atoms with van der Waals surface area (Å²) in [5.41, 5.74) is 8.54. The molecule has 0 fully saturated rings. The van der Waals surface area contributed by atoms with E-state index in [2.05, 4.69) is 45.3 Å². The van der Waals surface area contributed by atoms with Crippen LogP contribution in [0.4, 0.5) is 15.8 Å². The molecule has 0 saturated heterocycles. The van der Waals surface area contributed by atoms with Crippen LogP contribution in [0.2, 0.25) is 0 Å². The Morgan fingerprint density at radius 2 is 1.45 bits per heavy atom. The molecule has 0 bridgehead atoms. The second kappa shape index (κ2) is 9.42. The summed E-state index contributed by atoms with van der Waals surface area (Å²) >= 11 is 1.32. The molecular formula is C26H19N5OS. The molecule has 33 heavy (non-hydrogen) atoms. The highest BCUT2D eigenvalue weighted by atomic mass is 32.1. The second-order valence-electron chi connectivity index (χ2n) is 7.22. The van der Waals surface area contributed by atoms with Gasteiger partial charge >= 0.3 is 0 Å². The van der Waals surface area contributed by atoms with Crippen LogP contribution < -0.4 is 10.9 Å². The fourth-order valence-electron chi connectivity index (χ4n) is 3.33. The average Bonchev–Trinajstić information content (AvgIpc) is 3.30. The molecule has 0 saturated carbocycles. The molecule has 1 aromatic heterocycles. The number of azo groups is 1. The summed E-state index contributed by atoms with van der Waals surface area (Å²) in [5.74, 6) is -0.245. The number of nitrogens with one attached hydrogen (secondary N) is 2. The van der Waals surface area contributed by atoms with Crippen molar-refractivity contribution in [2.45, 2.75) is 0 Å². The van der Waals surface area contributed by atoms with Crippen molar-refractivity contribution in [1.29, 1.82) is 0 Å². The summed E-state index contributed by atoms with van der Waals surface area (Å²) in [4.78, 5) is 17.1. The van der Waals surface area contributed by atoms with Gasteiger partial charge in [-0.25, -0.2) is 4.98 Å². The lowest BCUT2D eigenvalue weighted by Crippen LogP contribution is -2.29. The van der Waals surface area contributed by atoms with E-state index in [1.807, 2.05) is 66.7 Å². The molecular weight excluding hydrogens is 430 g/mol. The molecule has 160 valence electrons. The first-order valence-corrected chi connectivity index (χ1v) is 11.2. The molecule has 5 rings (SSSR count). The summed E-state index contributed by atoms with van der Waals surface area (Å²) in [6.45, 7) is 0. The molecule has 4 aromatic carbocycles. The average molecular weight is 450 g/mol. The van der Waals surface area contributed by atoms with Gasteiger partial charge < -0.3 is 0 Å². The Kier molecular flexibility index (Phi) is 5.86. The number of amides is 1. The van der Waals surface area contributed by atoms with E-state index in [4.69, 9.17) is 4.98 Å². The van der Waals surface area contributed by atoms with Gasteiger partial charge in [0.2, 0.25) is 5.13 Å². The van der Waals surface area contributed by atoms with Gasteiger partial charge in [0.05, 0.1) is 5.69 Å². The molecule has 1 heterocycles. The normalized spacial score (nSPS) is 11.0. The van der Waals surface area contributed by atoms with Gasteiger partial charge in [0.15, 0.2) is 5.00 Å². The number of hydrogen-bond donors (Lipinski definition) is 2. The number of anilines is 1. The van der Waals surface area contributed by atoms with Gasteiger partial charge in [-0.3, -0.25) is 15.6 Å². The molecule has 0 aliphatic rings. The number of carbonyl (C=O) groups is 1. The molecule has 2 N–H and O–H groups in total. The first-order chi connectivity index (χ1) is 16.3. The van der Waals surface area contributed by atoms with E-state index in [1.54, 1.807) is 12.1 Å². The molecule has 0 atom stereocenters. The largest absolute Gasteiger partial charge is 0.273 e. The molecule has 0 aliphatic carbocycles. The van der Waals surface area contributed by atoms with Crippen molar-refractivity contribution in [3.05, 3.63) is 109 Å². The summed E-state index contributed by atoms with van der Waals surface area (Å²) < 4.78 is 0. The van der Waals surface area contributed by atoms with Crippen LogP contribution >= 0.6 is 11.3 Å². The van der Waals surface area contributed by atoms with E-state index < -0.39 is 0 Å². The third kappa shape index (κ3) is 4.78. The van der Waals surface area contributed by atoms with Gasteiger partial charge in [-0.1, -0.05) is 84.1 Å². The smallest absolute Gasteiger partial charge is 0.269 e. The maximum atomic E-state index is 12.4. The van der Waals surface area contributed by atoms with E-state index in [0.29, 0.717) is 21.4 Å². The van der Waals surface area contributed by atoms with E-state index >= 15 is 0 Å². The Labute approximate surface area is 194 Å². The first-order valence-electron chi connectivity index (χ1n) is 10.3. The highest BCUT2D eigenvalue weighted by Gasteiger charge is 2.15. The van der Waals surface area contributed by atoms with Crippen molar-refractivity contribution >= 4 is 43.8 Å².